The molecule has 1 N–H and O–H groups in total. The quantitative estimate of drug-likeness (QED) is 0.789. The summed E-state index contributed by atoms with van der Waals surface area (Å²) in [5.74, 6) is 0.639. The van der Waals surface area contributed by atoms with E-state index < -0.39 is 7.75 Å². The van der Waals surface area contributed by atoms with E-state index in [1.54, 1.807) is 13.0 Å². The van der Waals surface area contributed by atoms with E-state index in [-0.39, 0.29) is 6.04 Å². The summed E-state index contributed by atoms with van der Waals surface area (Å²) >= 11 is 0. The highest BCUT2D eigenvalue weighted by atomic mass is 31.2. The Balaban J connectivity index is 2.34. The molecular formula is C10H14NO3P. The maximum absolute atomic E-state index is 12.1. The van der Waals surface area contributed by atoms with Crippen molar-refractivity contribution in [2.45, 2.75) is 19.9 Å². The van der Waals surface area contributed by atoms with Crippen LogP contribution in [0.15, 0.2) is 24.3 Å². The molecule has 1 aromatic rings. The minimum absolute atomic E-state index is 0.0210. The summed E-state index contributed by atoms with van der Waals surface area (Å²) in [7, 11) is -3.15. The van der Waals surface area contributed by atoms with E-state index >= 15 is 0 Å². The number of rotatable bonds is 2. The first-order chi connectivity index (χ1) is 7.14. The van der Waals surface area contributed by atoms with E-state index in [4.69, 9.17) is 9.05 Å². The lowest BCUT2D eigenvalue weighted by molar-refractivity contribution is 0.256. The normalized spacial score (nSPS) is 29.3. The molecular weight excluding hydrogens is 213 g/mol. The Kier molecular flexibility index (Phi) is 2.83. The highest BCUT2D eigenvalue weighted by molar-refractivity contribution is 7.52. The van der Waals surface area contributed by atoms with Crippen molar-refractivity contribution in [3.05, 3.63) is 29.8 Å². The molecule has 1 aliphatic heterocycles. The summed E-state index contributed by atoms with van der Waals surface area (Å²) in [6.45, 7) is 4.09. The largest absolute Gasteiger partial charge is 0.459 e. The Labute approximate surface area is 89.2 Å². The van der Waals surface area contributed by atoms with Crippen molar-refractivity contribution in [2.24, 2.45) is 0 Å². The number of para-hydroxylation sites is 1. The van der Waals surface area contributed by atoms with E-state index in [0.717, 1.165) is 5.56 Å². The van der Waals surface area contributed by atoms with Crippen LogP contribution in [-0.2, 0) is 9.09 Å². The molecule has 0 aromatic heterocycles. The molecule has 15 heavy (non-hydrogen) atoms. The number of benzene rings is 1. The van der Waals surface area contributed by atoms with Crippen LogP contribution in [0.4, 0.5) is 0 Å². The highest BCUT2D eigenvalue weighted by Gasteiger charge is 2.34. The molecule has 0 saturated carbocycles. The van der Waals surface area contributed by atoms with Crippen LogP contribution in [0.5, 0.6) is 5.75 Å². The first kappa shape index (κ1) is 10.7. The van der Waals surface area contributed by atoms with Crippen molar-refractivity contribution in [2.75, 3.05) is 6.61 Å². The Hall–Kier alpha value is -0.830. The van der Waals surface area contributed by atoms with Gasteiger partial charge >= 0.3 is 7.75 Å². The van der Waals surface area contributed by atoms with Crippen LogP contribution >= 0.6 is 7.75 Å². The first-order valence-electron chi connectivity index (χ1n) is 4.95. The predicted octanol–water partition coefficient (Wildman–Crippen LogP) is 2.87. The van der Waals surface area contributed by atoms with Gasteiger partial charge in [-0.2, -0.15) is 0 Å². The summed E-state index contributed by atoms with van der Waals surface area (Å²) < 4.78 is 22.5. The van der Waals surface area contributed by atoms with Crippen LogP contribution in [0.25, 0.3) is 0 Å². The van der Waals surface area contributed by atoms with E-state index in [1.807, 2.05) is 25.1 Å². The standard InChI is InChI=1S/C10H14NO3P/c1-3-13-15(12)11-8(2)9-6-4-5-7-10(9)14-15/h4-8H,3H2,1-2H3,(H,11,12). The molecule has 1 heterocycles. The van der Waals surface area contributed by atoms with Crippen LogP contribution in [0.3, 0.4) is 0 Å². The lowest BCUT2D eigenvalue weighted by Gasteiger charge is -2.29. The zero-order valence-electron chi connectivity index (χ0n) is 8.77. The van der Waals surface area contributed by atoms with E-state index in [0.29, 0.717) is 12.4 Å². The Bertz CT molecular complexity index is 407. The monoisotopic (exact) mass is 227 g/mol. The molecule has 2 unspecified atom stereocenters. The number of hydrogen-bond donors (Lipinski definition) is 1. The van der Waals surface area contributed by atoms with Gasteiger partial charge in [-0.25, -0.2) is 9.65 Å². The van der Waals surface area contributed by atoms with Crippen molar-refractivity contribution < 1.29 is 13.6 Å². The maximum atomic E-state index is 12.1. The summed E-state index contributed by atoms with van der Waals surface area (Å²) in [6.07, 6.45) is 0. The summed E-state index contributed by atoms with van der Waals surface area (Å²) in [6, 6.07) is 7.51. The third-order valence-corrected chi connectivity index (χ3v) is 3.99. The molecule has 1 aliphatic rings. The van der Waals surface area contributed by atoms with Gasteiger partial charge in [0.25, 0.3) is 0 Å². The zero-order valence-corrected chi connectivity index (χ0v) is 9.66. The molecule has 1 aromatic carbocycles. The minimum atomic E-state index is -3.15. The Morgan fingerprint density at radius 3 is 3.00 bits per heavy atom. The third kappa shape index (κ3) is 2.07. The lowest BCUT2D eigenvalue weighted by atomic mass is 10.1. The molecule has 0 aliphatic carbocycles. The van der Waals surface area contributed by atoms with Crippen LogP contribution in [0.2, 0.25) is 0 Å². The topological polar surface area (TPSA) is 47.6 Å². The summed E-state index contributed by atoms with van der Waals surface area (Å²) in [5, 5.41) is 2.86. The first-order valence-corrected chi connectivity index (χ1v) is 6.50. The van der Waals surface area contributed by atoms with Gasteiger partial charge in [0.1, 0.15) is 5.75 Å². The minimum Gasteiger partial charge on any atom is -0.413 e. The number of hydrogen-bond acceptors (Lipinski definition) is 3. The lowest BCUT2D eigenvalue weighted by Crippen LogP contribution is -2.25. The molecule has 2 rings (SSSR count). The molecule has 0 bridgehead atoms. The zero-order chi connectivity index (χ0) is 10.9. The van der Waals surface area contributed by atoms with E-state index in [1.165, 1.54) is 0 Å². The average Bonchev–Trinajstić information content (AvgIpc) is 2.17. The van der Waals surface area contributed by atoms with Gasteiger partial charge in [-0.05, 0) is 19.9 Å². The van der Waals surface area contributed by atoms with Gasteiger partial charge in [-0.15, -0.1) is 0 Å². The highest BCUT2D eigenvalue weighted by Crippen LogP contribution is 2.51. The predicted molar refractivity (Wildman–Crippen MR) is 57.9 cm³/mol. The molecule has 0 spiro atoms. The second kappa shape index (κ2) is 3.97. The van der Waals surface area contributed by atoms with Gasteiger partial charge in [0, 0.05) is 11.6 Å². The van der Waals surface area contributed by atoms with Gasteiger partial charge in [-0.1, -0.05) is 18.2 Å². The van der Waals surface area contributed by atoms with Crippen molar-refractivity contribution in [3.8, 4) is 5.75 Å². The number of nitrogens with one attached hydrogen (secondary N) is 1. The Morgan fingerprint density at radius 2 is 2.27 bits per heavy atom. The summed E-state index contributed by atoms with van der Waals surface area (Å²) in [4.78, 5) is 0. The molecule has 2 atom stereocenters. The average molecular weight is 227 g/mol. The molecule has 5 heteroatoms. The van der Waals surface area contributed by atoms with Crippen molar-refractivity contribution >= 4 is 7.75 Å². The fourth-order valence-corrected chi connectivity index (χ4v) is 3.18. The molecule has 0 saturated heterocycles. The second-order valence-electron chi connectivity index (χ2n) is 3.40. The van der Waals surface area contributed by atoms with Gasteiger partial charge in [0.05, 0.1) is 6.61 Å². The molecule has 0 amide bonds. The second-order valence-corrected chi connectivity index (χ2v) is 5.09. The third-order valence-electron chi connectivity index (χ3n) is 2.25. The Morgan fingerprint density at radius 1 is 1.53 bits per heavy atom. The van der Waals surface area contributed by atoms with Crippen LogP contribution in [0, 0.1) is 0 Å². The van der Waals surface area contributed by atoms with Gasteiger partial charge < -0.3 is 4.52 Å². The maximum Gasteiger partial charge on any atom is 0.459 e. The fraction of sp³-hybridized carbons (Fsp3) is 0.400. The van der Waals surface area contributed by atoms with Gasteiger partial charge in [0.15, 0.2) is 0 Å². The van der Waals surface area contributed by atoms with Crippen LogP contribution in [-0.4, -0.2) is 6.61 Å². The fourth-order valence-electron chi connectivity index (χ4n) is 1.62. The van der Waals surface area contributed by atoms with Gasteiger partial charge in [0.2, 0.25) is 0 Å². The van der Waals surface area contributed by atoms with Crippen molar-refractivity contribution in [1.29, 1.82) is 0 Å². The smallest absolute Gasteiger partial charge is 0.413 e. The van der Waals surface area contributed by atoms with Crippen LogP contribution < -0.4 is 9.61 Å². The molecule has 0 fully saturated rings. The molecule has 82 valence electrons. The van der Waals surface area contributed by atoms with Crippen molar-refractivity contribution in [3.63, 3.8) is 0 Å². The van der Waals surface area contributed by atoms with E-state index in [2.05, 4.69) is 5.09 Å². The van der Waals surface area contributed by atoms with Crippen molar-refractivity contribution in [1.82, 2.24) is 5.09 Å². The molecule has 4 nitrogen and oxygen atoms in total. The SMILES string of the molecule is CCOP1(=O)NC(C)c2ccccc2O1. The summed E-state index contributed by atoms with van der Waals surface area (Å²) in [5.41, 5.74) is 1.00. The number of fused-ring (bicyclic) bond motifs is 1. The van der Waals surface area contributed by atoms with Crippen LogP contribution in [0.1, 0.15) is 25.5 Å². The van der Waals surface area contributed by atoms with E-state index in [9.17, 15) is 4.57 Å². The molecule has 0 radical (unpaired) electrons. The van der Waals surface area contributed by atoms with Gasteiger partial charge in [-0.3, -0.25) is 4.52 Å².